The number of carbonyl (C=O) groups excluding carboxylic acids is 1. The van der Waals surface area contributed by atoms with E-state index in [-0.39, 0.29) is 5.91 Å². The Bertz CT molecular complexity index is 1210. The average Bonchev–Trinajstić information content (AvgIpc) is 3.29. The predicted molar refractivity (Wildman–Crippen MR) is 136 cm³/mol. The van der Waals surface area contributed by atoms with Gasteiger partial charge in [-0.1, -0.05) is 54.6 Å². The number of hydrogen-bond acceptors (Lipinski definition) is 4. The van der Waals surface area contributed by atoms with Gasteiger partial charge in [-0.3, -0.25) is 14.6 Å². The van der Waals surface area contributed by atoms with E-state index < -0.39 is 0 Å². The third-order valence-corrected chi connectivity index (χ3v) is 6.46. The molecule has 0 aliphatic carbocycles. The molecule has 0 spiro atoms. The Kier molecular flexibility index (Phi) is 6.98. The minimum Gasteiger partial charge on any atom is -0.330 e. The molecule has 6 heteroatoms. The number of carbonyl (C=O) groups is 1. The molecular weight excluding hydrogens is 422 g/mol. The molecule has 2 heterocycles. The van der Waals surface area contributed by atoms with Crippen LogP contribution in [0.5, 0.6) is 0 Å². The number of piperazine rings is 1. The lowest BCUT2D eigenvalue weighted by molar-refractivity contribution is -0.116. The van der Waals surface area contributed by atoms with Gasteiger partial charge in [0.05, 0.1) is 17.4 Å². The third-order valence-electron chi connectivity index (χ3n) is 6.46. The van der Waals surface area contributed by atoms with Gasteiger partial charge in [-0.2, -0.15) is 0 Å². The van der Waals surface area contributed by atoms with Crippen LogP contribution in [-0.4, -0.2) is 51.4 Å². The third kappa shape index (κ3) is 5.71. The van der Waals surface area contributed by atoms with Gasteiger partial charge in [-0.25, -0.2) is 4.98 Å². The van der Waals surface area contributed by atoms with Crippen LogP contribution in [0.1, 0.15) is 17.5 Å². The monoisotopic (exact) mass is 453 g/mol. The van der Waals surface area contributed by atoms with Crippen molar-refractivity contribution in [2.45, 2.75) is 26.1 Å². The van der Waals surface area contributed by atoms with E-state index in [2.05, 4.69) is 62.6 Å². The zero-order valence-corrected chi connectivity index (χ0v) is 19.4. The number of nitrogens with zero attached hydrogens (tertiary/aromatic N) is 4. The van der Waals surface area contributed by atoms with Crippen LogP contribution in [0.2, 0.25) is 0 Å². The zero-order chi connectivity index (χ0) is 23.2. The normalized spacial score (nSPS) is 14.9. The van der Waals surface area contributed by atoms with Gasteiger partial charge in [0.1, 0.15) is 0 Å². The van der Waals surface area contributed by atoms with Crippen molar-refractivity contribution in [1.82, 2.24) is 19.4 Å². The molecule has 0 atom stereocenters. The van der Waals surface area contributed by atoms with Gasteiger partial charge in [0.15, 0.2) is 0 Å². The summed E-state index contributed by atoms with van der Waals surface area (Å²) in [5, 5.41) is 3.02. The number of para-hydroxylation sites is 2. The van der Waals surface area contributed by atoms with Crippen LogP contribution in [0.4, 0.5) is 5.69 Å². The second-order valence-electron chi connectivity index (χ2n) is 8.96. The molecule has 174 valence electrons. The van der Waals surface area contributed by atoms with Crippen molar-refractivity contribution in [1.29, 1.82) is 0 Å². The van der Waals surface area contributed by atoms with Gasteiger partial charge < -0.3 is 9.88 Å². The smallest absolute Gasteiger partial charge is 0.226 e. The topological polar surface area (TPSA) is 53.4 Å². The van der Waals surface area contributed by atoms with Crippen molar-refractivity contribution in [3.63, 3.8) is 0 Å². The maximum atomic E-state index is 12.4. The number of amides is 1. The van der Waals surface area contributed by atoms with Crippen LogP contribution in [0.3, 0.4) is 0 Å². The zero-order valence-electron chi connectivity index (χ0n) is 19.4. The molecule has 1 saturated heterocycles. The summed E-state index contributed by atoms with van der Waals surface area (Å²) in [5.74, 6) is 0.0140. The summed E-state index contributed by atoms with van der Waals surface area (Å²) in [5.41, 5.74) is 5.51. The number of imidazole rings is 1. The van der Waals surface area contributed by atoms with E-state index in [1.807, 2.05) is 41.0 Å². The average molecular weight is 454 g/mol. The largest absolute Gasteiger partial charge is 0.330 e. The molecule has 34 heavy (non-hydrogen) atoms. The molecule has 1 aliphatic heterocycles. The molecular formula is C28H31N5O. The van der Waals surface area contributed by atoms with Crippen LogP contribution in [-0.2, 0) is 24.4 Å². The summed E-state index contributed by atoms with van der Waals surface area (Å²) < 4.78 is 2.03. The molecule has 0 bridgehead atoms. The number of aromatic nitrogens is 2. The molecule has 3 aromatic carbocycles. The summed E-state index contributed by atoms with van der Waals surface area (Å²) in [7, 11) is 0. The van der Waals surface area contributed by atoms with E-state index in [4.69, 9.17) is 0 Å². The number of anilines is 1. The Morgan fingerprint density at radius 3 is 2.09 bits per heavy atom. The molecule has 1 aliphatic rings. The van der Waals surface area contributed by atoms with Gasteiger partial charge in [-0.15, -0.1) is 0 Å². The van der Waals surface area contributed by atoms with Gasteiger partial charge in [0.2, 0.25) is 5.91 Å². The fraction of sp³-hybridized carbons (Fsp3) is 0.286. The van der Waals surface area contributed by atoms with Gasteiger partial charge in [0.25, 0.3) is 0 Å². The number of rotatable bonds is 8. The van der Waals surface area contributed by atoms with E-state index >= 15 is 0 Å². The SMILES string of the molecule is O=C(CCn1cnc2ccccc21)Nc1ccc(CN2CCN(Cc3ccccc3)CC2)cc1. The number of fused-ring (bicyclic) bond motifs is 1. The van der Waals surface area contributed by atoms with Crippen molar-refractivity contribution in [3.05, 3.63) is 96.3 Å². The second-order valence-corrected chi connectivity index (χ2v) is 8.96. The van der Waals surface area contributed by atoms with E-state index in [0.717, 1.165) is 56.0 Å². The highest BCUT2D eigenvalue weighted by molar-refractivity contribution is 5.90. The Morgan fingerprint density at radius 1 is 0.765 bits per heavy atom. The molecule has 1 amide bonds. The highest BCUT2D eigenvalue weighted by Gasteiger charge is 2.17. The quantitative estimate of drug-likeness (QED) is 0.430. The molecule has 1 N–H and O–H groups in total. The van der Waals surface area contributed by atoms with E-state index in [1.165, 1.54) is 11.1 Å². The molecule has 0 saturated carbocycles. The molecule has 5 rings (SSSR count). The minimum atomic E-state index is 0.0140. The first kappa shape index (κ1) is 22.3. The van der Waals surface area contributed by atoms with Crippen LogP contribution < -0.4 is 5.32 Å². The van der Waals surface area contributed by atoms with E-state index in [9.17, 15) is 4.79 Å². The summed E-state index contributed by atoms with van der Waals surface area (Å²) in [6.07, 6.45) is 2.21. The molecule has 1 aromatic heterocycles. The lowest BCUT2D eigenvalue weighted by Gasteiger charge is -2.34. The van der Waals surface area contributed by atoms with Gasteiger partial charge in [0, 0.05) is 57.9 Å². The Hall–Kier alpha value is -3.48. The molecule has 4 aromatic rings. The number of aryl methyl sites for hydroxylation is 1. The number of hydrogen-bond donors (Lipinski definition) is 1. The van der Waals surface area contributed by atoms with Crippen LogP contribution in [0.15, 0.2) is 85.2 Å². The first-order valence-electron chi connectivity index (χ1n) is 12.0. The summed E-state index contributed by atoms with van der Waals surface area (Å²) in [4.78, 5) is 21.9. The second kappa shape index (κ2) is 10.6. The Morgan fingerprint density at radius 2 is 1.38 bits per heavy atom. The fourth-order valence-corrected chi connectivity index (χ4v) is 4.53. The first-order chi connectivity index (χ1) is 16.7. The van der Waals surface area contributed by atoms with Crippen LogP contribution >= 0.6 is 0 Å². The van der Waals surface area contributed by atoms with Gasteiger partial charge >= 0.3 is 0 Å². The van der Waals surface area contributed by atoms with Crippen LogP contribution in [0.25, 0.3) is 11.0 Å². The van der Waals surface area contributed by atoms with Crippen molar-refractivity contribution in [2.75, 3.05) is 31.5 Å². The first-order valence-corrected chi connectivity index (χ1v) is 12.0. The molecule has 6 nitrogen and oxygen atoms in total. The minimum absolute atomic E-state index is 0.0140. The van der Waals surface area contributed by atoms with Crippen LogP contribution in [0, 0.1) is 0 Å². The highest BCUT2D eigenvalue weighted by Crippen LogP contribution is 2.16. The maximum Gasteiger partial charge on any atom is 0.226 e. The molecule has 0 unspecified atom stereocenters. The van der Waals surface area contributed by atoms with Crippen molar-refractivity contribution in [3.8, 4) is 0 Å². The number of nitrogens with one attached hydrogen (secondary N) is 1. The van der Waals surface area contributed by atoms with Crippen molar-refractivity contribution < 1.29 is 4.79 Å². The lowest BCUT2D eigenvalue weighted by atomic mass is 10.1. The van der Waals surface area contributed by atoms with E-state index in [0.29, 0.717) is 13.0 Å². The summed E-state index contributed by atoms with van der Waals surface area (Å²) >= 11 is 0. The van der Waals surface area contributed by atoms with E-state index in [1.54, 1.807) is 6.33 Å². The predicted octanol–water partition coefficient (Wildman–Crippen LogP) is 4.38. The summed E-state index contributed by atoms with van der Waals surface area (Å²) in [6.45, 7) is 6.93. The fourth-order valence-electron chi connectivity index (χ4n) is 4.53. The molecule has 0 radical (unpaired) electrons. The Labute approximate surface area is 200 Å². The lowest BCUT2D eigenvalue weighted by Crippen LogP contribution is -2.45. The number of benzene rings is 3. The highest BCUT2D eigenvalue weighted by atomic mass is 16.1. The Balaban J connectivity index is 1.06. The standard InChI is InChI=1S/C28H31N5O/c34-28(14-15-33-22-29-26-8-4-5-9-27(26)33)30-25-12-10-24(11-13-25)21-32-18-16-31(17-19-32)20-23-6-2-1-3-7-23/h1-13,22H,14-21H2,(H,30,34). The van der Waals surface area contributed by atoms with Gasteiger partial charge in [-0.05, 0) is 35.4 Å². The summed E-state index contributed by atoms with van der Waals surface area (Å²) in [6, 6.07) is 26.9. The van der Waals surface area contributed by atoms with Crippen molar-refractivity contribution in [2.24, 2.45) is 0 Å². The maximum absolute atomic E-state index is 12.4. The van der Waals surface area contributed by atoms with Crippen molar-refractivity contribution >= 4 is 22.6 Å². The molecule has 1 fully saturated rings.